The van der Waals surface area contributed by atoms with E-state index in [4.69, 9.17) is 11.6 Å². The van der Waals surface area contributed by atoms with E-state index < -0.39 is 11.0 Å². The second-order valence-corrected chi connectivity index (χ2v) is 8.10. The number of rotatable bonds is 2. The zero-order valence-corrected chi connectivity index (χ0v) is 16.9. The molecule has 0 amide bonds. The Morgan fingerprint density at radius 3 is 2.52 bits per heavy atom. The summed E-state index contributed by atoms with van der Waals surface area (Å²) in [5.41, 5.74) is 3.66. The monoisotopic (exact) mass is 417 g/mol. The van der Waals surface area contributed by atoms with Gasteiger partial charge in [-0.2, -0.15) is 0 Å². The van der Waals surface area contributed by atoms with Crippen LogP contribution in [0.1, 0.15) is 27.0 Å². The Morgan fingerprint density at radius 1 is 1.00 bits per heavy atom. The fraction of sp³-hybridized carbons (Fsp3) is 0.0417. The van der Waals surface area contributed by atoms with Crippen LogP contribution in [0, 0.1) is 11.8 Å². The van der Waals surface area contributed by atoms with Gasteiger partial charge in [-0.3, -0.25) is 4.79 Å². The standard InChI is InChI=1S/C24H16ClNO2S/c25-20-12-9-19(10-13-20)16-23-24(27)21-15-18(11-14-22(21)26-29(23)28)8-4-7-17-5-2-1-3-6-17/h1-3,5-6,9-16,26H,7H2/b23-16-. The highest BCUT2D eigenvalue weighted by Crippen LogP contribution is 2.29. The molecular formula is C24H16ClNO2S. The quantitative estimate of drug-likeness (QED) is 0.457. The number of carbonyl (C=O) groups is 1. The number of benzene rings is 3. The van der Waals surface area contributed by atoms with E-state index in [9.17, 15) is 9.00 Å². The Bertz CT molecular complexity index is 1190. The maximum Gasteiger partial charge on any atom is 0.205 e. The van der Waals surface area contributed by atoms with Gasteiger partial charge in [0.25, 0.3) is 0 Å². The number of anilines is 1. The number of carbonyl (C=O) groups excluding carboxylic acids is 1. The third-order valence-corrected chi connectivity index (χ3v) is 5.79. The van der Waals surface area contributed by atoms with E-state index in [-0.39, 0.29) is 10.7 Å². The molecule has 1 unspecified atom stereocenters. The highest BCUT2D eigenvalue weighted by atomic mass is 35.5. The van der Waals surface area contributed by atoms with Crippen molar-refractivity contribution in [3.63, 3.8) is 0 Å². The number of hydrogen-bond donors (Lipinski definition) is 1. The van der Waals surface area contributed by atoms with Gasteiger partial charge in [-0.05, 0) is 47.5 Å². The molecule has 1 atom stereocenters. The molecule has 0 saturated carbocycles. The summed E-state index contributed by atoms with van der Waals surface area (Å²) >= 11 is 5.90. The Balaban J connectivity index is 1.61. The Kier molecular flexibility index (Phi) is 5.62. The minimum absolute atomic E-state index is 0.203. The Labute approximate surface area is 177 Å². The van der Waals surface area contributed by atoms with Gasteiger partial charge >= 0.3 is 0 Å². The van der Waals surface area contributed by atoms with Crippen molar-refractivity contribution in [1.82, 2.24) is 0 Å². The van der Waals surface area contributed by atoms with E-state index in [0.717, 1.165) is 16.7 Å². The fourth-order valence-electron chi connectivity index (χ4n) is 2.94. The molecule has 29 heavy (non-hydrogen) atoms. The normalized spacial score (nSPS) is 16.5. The number of nitrogens with one attached hydrogen (secondary N) is 1. The SMILES string of the molecule is O=C1/C(=C/c2ccc(Cl)cc2)S(=O)Nc2ccc(C#CCc3ccccc3)cc21. The molecule has 0 fully saturated rings. The van der Waals surface area contributed by atoms with Crippen molar-refractivity contribution < 1.29 is 9.00 Å². The van der Waals surface area contributed by atoms with Crippen LogP contribution in [0.25, 0.3) is 6.08 Å². The van der Waals surface area contributed by atoms with Crippen LogP contribution in [0.3, 0.4) is 0 Å². The van der Waals surface area contributed by atoms with E-state index >= 15 is 0 Å². The number of Topliss-reactive ketones (excluding diaryl/α,β-unsaturated/α-hetero) is 1. The number of hydrogen-bond acceptors (Lipinski definition) is 2. The molecule has 1 N–H and O–H groups in total. The van der Waals surface area contributed by atoms with Gasteiger partial charge < -0.3 is 4.72 Å². The average Bonchev–Trinajstić information content (AvgIpc) is 2.74. The highest BCUT2D eigenvalue weighted by Gasteiger charge is 2.27. The second-order valence-electron chi connectivity index (χ2n) is 6.48. The fourth-order valence-corrected chi connectivity index (χ4v) is 4.08. The molecule has 5 heteroatoms. The molecule has 3 aromatic carbocycles. The molecule has 4 rings (SSSR count). The molecule has 1 aliphatic rings. The van der Waals surface area contributed by atoms with Gasteiger partial charge in [0.1, 0.15) is 4.91 Å². The van der Waals surface area contributed by atoms with Crippen molar-refractivity contribution >= 4 is 40.1 Å². The summed E-state index contributed by atoms with van der Waals surface area (Å²) in [6.07, 6.45) is 2.26. The molecular weight excluding hydrogens is 402 g/mol. The summed E-state index contributed by atoms with van der Waals surface area (Å²) in [5.74, 6) is 5.98. The predicted octanol–water partition coefficient (Wildman–Crippen LogP) is 5.25. The van der Waals surface area contributed by atoms with Crippen LogP contribution in [0.2, 0.25) is 5.02 Å². The maximum atomic E-state index is 13.0. The minimum Gasteiger partial charge on any atom is -0.300 e. The molecule has 142 valence electrons. The van der Waals surface area contributed by atoms with Gasteiger partial charge in [-0.25, -0.2) is 4.21 Å². The zero-order chi connectivity index (χ0) is 20.2. The van der Waals surface area contributed by atoms with E-state index in [0.29, 0.717) is 22.7 Å². The van der Waals surface area contributed by atoms with Crippen LogP contribution in [0.5, 0.6) is 0 Å². The van der Waals surface area contributed by atoms with Gasteiger partial charge in [0, 0.05) is 22.6 Å². The minimum atomic E-state index is -1.62. The van der Waals surface area contributed by atoms with E-state index in [1.54, 1.807) is 42.5 Å². The number of ketones is 1. The van der Waals surface area contributed by atoms with Crippen molar-refractivity contribution in [3.05, 3.63) is 105 Å². The van der Waals surface area contributed by atoms with Gasteiger partial charge in [0.15, 0.2) is 11.0 Å². The van der Waals surface area contributed by atoms with Gasteiger partial charge in [-0.1, -0.05) is 65.9 Å². The molecule has 1 aliphatic heterocycles. The van der Waals surface area contributed by atoms with Crippen LogP contribution in [0.15, 0.2) is 77.7 Å². The first kappa shape index (κ1) is 19.2. The van der Waals surface area contributed by atoms with Crippen LogP contribution >= 0.6 is 11.6 Å². The van der Waals surface area contributed by atoms with E-state index in [1.807, 2.05) is 36.4 Å². The first-order valence-corrected chi connectivity index (χ1v) is 10.5. The smallest absolute Gasteiger partial charge is 0.205 e. The molecule has 0 aliphatic carbocycles. The molecule has 0 spiro atoms. The highest BCUT2D eigenvalue weighted by molar-refractivity contribution is 7.91. The number of allylic oxidation sites excluding steroid dienone is 1. The molecule has 0 aromatic heterocycles. The lowest BCUT2D eigenvalue weighted by Gasteiger charge is -2.19. The Hall–Kier alpha value is -3.13. The third-order valence-electron chi connectivity index (χ3n) is 4.43. The summed E-state index contributed by atoms with van der Waals surface area (Å²) in [6, 6.07) is 22.3. The van der Waals surface area contributed by atoms with Crippen molar-refractivity contribution in [3.8, 4) is 11.8 Å². The summed E-state index contributed by atoms with van der Waals surface area (Å²) in [7, 11) is -1.62. The summed E-state index contributed by atoms with van der Waals surface area (Å²) in [5, 5.41) is 0.602. The second kappa shape index (κ2) is 8.48. The summed E-state index contributed by atoms with van der Waals surface area (Å²) < 4.78 is 15.4. The Morgan fingerprint density at radius 2 is 1.76 bits per heavy atom. The van der Waals surface area contributed by atoms with Crippen LogP contribution in [0.4, 0.5) is 5.69 Å². The number of halogens is 1. The first-order chi connectivity index (χ1) is 14.1. The van der Waals surface area contributed by atoms with Crippen molar-refractivity contribution in [1.29, 1.82) is 0 Å². The van der Waals surface area contributed by atoms with Crippen molar-refractivity contribution in [2.45, 2.75) is 6.42 Å². The topological polar surface area (TPSA) is 46.2 Å². The van der Waals surface area contributed by atoms with E-state index in [2.05, 4.69) is 16.6 Å². The molecule has 0 radical (unpaired) electrons. The lowest BCUT2D eigenvalue weighted by atomic mass is 10.0. The van der Waals surface area contributed by atoms with Gasteiger partial charge in [0.05, 0.1) is 5.69 Å². The van der Waals surface area contributed by atoms with Gasteiger partial charge in [0.2, 0.25) is 5.78 Å². The number of fused-ring (bicyclic) bond motifs is 1. The van der Waals surface area contributed by atoms with Crippen LogP contribution in [-0.2, 0) is 17.4 Å². The molecule has 0 saturated heterocycles. The summed E-state index contributed by atoms with van der Waals surface area (Å²) in [4.78, 5) is 13.2. The predicted molar refractivity (Wildman–Crippen MR) is 119 cm³/mol. The lowest BCUT2D eigenvalue weighted by Crippen LogP contribution is -2.22. The van der Waals surface area contributed by atoms with E-state index in [1.165, 1.54) is 0 Å². The first-order valence-electron chi connectivity index (χ1n) is 8.97. The van der Waals surface area contributed by atoms with Gasteiger partial charge in [-0.15, -0.1) is 0 Å². The van der Waals surface area contributed by atoms with Crippen LogP contribution in [-0.4, -0.2) is 9.99 Å². The largest absolute Gasteiger partial charge is 0.300 e. The van der Waals surface area contributed by atoms with Crippen molar-refractivity contribution in [2.75, 3.05) is 4.72 Å². The van der Waals surface area contributed by atoms with Crippen LogP contribution < -0.4 is 4.72 Å². The zero-order valence-electron chi connectivity index (χ0n) is 15.3. The average molecular weight is 418 g/mol. The third kappa shape index (κ3) is 4.48. The molecule has 3 aromatic rings. The molecule has 0 bridgehead atoms. The summed E-state index contributed by atoms with van der Waals surface area (Å²) in [6.45, 7) is 0. The lowest BCUT2D eigenvalue weighted by molar-refractivity contribution is 0.104. The van der Waals surface area contributed by atoms with Crippen molar-refractivity contribution in [2.24, 2.45) is 0 Å². The molecule has 1 heterocycles. The maximum absolute atomic E-state index is 13.0. The molecule has 3 nitrogen and oxygen atoms in total.